The molecule has 0 unspecified atom stereocenters. The maximum absolute atomic E-state index is 13.1. The van der Waals surface area contributed by atoms with Gasteiger partial charge in [-0.3, -0.25) is 9.00 Å². The summed E-state index contributed by atoms with van der Waals surface area (Å²) in [6.07, 6.45) is 0. The fraction of sp³-hybridized carbons (Fsp3) is 0.188. The van der Waals surface area contributed by atoms with Crippen molar-refractivity contribution >= 4 is 38.3 Å². The standard InChI is InChI=1S/C16H15BrFNO2S/c1-11(16(20)19-15-7-3-6-14(18)9-15)22(21)10-12-4-2-5-13(17)8-12/h2-9,11H,10H2,1H3,(H,19,20)/t11-,22+/m1/s1. The first-order valence-electron chi connectivity index (χ1n) is 6.64. The first kappa shape index (κ1) is 16.8. The van der Waals surface area contributed by atoms with Crippen molar-refractivity contribution in [2.45, 2.75) is 17.9 Å². The highest BCUT2D eigenvalue weighted by Gasteiger charge is 2.20. The van der Waals surface area contributed by atoms with Crippen molar-refractivity contribution in [1.29, 1.82) is 0 Å². The van der Waals surface area contributed by atoms with Crippen LogP contribution in [0.2, 0.25) is 0 Å². The predicted molar refractivity (Wildman–Crippen MR) is 90.5 cm³/mol. The van der Waals surface area contributed by atoms with Crippen LogP contribution in [0.25, 0.3) is 0 Å². The zero-order valence-corrected chi connectivity index (χ0v) is 14.3. The number of hydrogen-bond donors (Lipinski definition) is 1. The lowest BCUT2D eigenvalue weighted by Crippen LogP contribution is -2.29. The molecule has 0 bridgehead atoms. The zero-order chi connectivity index (χ0) is 16.1. The van der Waals surface area contributed by atoms with E-state index in [4.69, 9.17) is 0 Å². The molecule has 0 aliphatic rings. The third-order valence-corrected chi connectivity index (χ3v) is 5.17. The quantitative estimate of drug-likeness (QED) is 0.851. The third-order valence-electron chi connectivity index (χ3n) is 3.05. The molecule has 6 heteroatoms. The second-order valence-electron chi connectivity index (χ2n) is 4.80. The molecule has 2 aromatic rings. The van der Waals surface area contributed by atoms with Gasteiger partial charge in [0, 0.05) is 26.7 Å². The highest BCUT2D eigenvalue weighted by atomic mass is 79.9. The lowest BCUT2D eigenvalue weighted by atomic mass is 10.2. The lowest BCUT2D eigenvalue weighted by Gasteiger charge is -2.12. The second-order valence-corrected chi connectivity index (χ2v) is 7.47. The zero-order valence-electron chi connectivity index (χ0n) is 11.9. The molecule has 0 saturated heterocycles. The van der Waals surface area contributed by atoms with E-state index in [1.54, 1.807) is 13.0 Å². The van der Waals surface area contributed by atoms with Gasteiger partial charge in [-0.05, 0) is 42.8 Å². The maximum Gasteiger partial charge on any atom is 0.239 e. The van der Waals surface area contributed by atoms with Gasteiger partial charge in [0.05, 0.1) is 0 Å². The molecule has 2 rings (SSSR count). The van der Waals surface area contributed by atoms with Crippen LogP contribution in [0.1, 0.15) is 12.5 Å². The Morgan fingerprint density at radius 2 is 2.00 bits per heavy atom. The molecule has 2 aromatic carbocycles. The highest BCUT2D eigenvalue weighted by Crippen LogP contribution is 2.15. The molecule has 22 heavy (non-hydrogen) atoms. The number of rotatable bonds is 5. The molecule has 0 aromatic heterocycles. The number of halogens is 2. The van der Waals surface area contributed by atoms with Gasteiger partial charge in [0.25, 0.3) is 0 Å². The van der Waals surface area contributed by atoms with Crippen molar-refractivity contribution in [3.05, 3.63) is 64.4 Å². The molecule has 3 nitrogen and oxygen atoms in total. The van der Waals surface area contributed by atoms with E-state index >= 15 is 0 Å². The van der Waals surface area contributed by atoms with Gasteiger partial charge in [0.1, 0.15) is 11.1 Å². The van der Waals surface area contributed by atoms with E-state index in [1.165, 1.54) is 18.2 Å². The Kier molecular flexibility index (Phi) is 5.85. The normalized spacial score (nSPS) is 13.4. The molecular formula is C16H15BrFNO2S. The minimum atomic E-state index is -1.36. The van der Waals surface area contributed by atoms with E-state index in [-0.39, 0.29) is 11.7 Å². The Balaban J connectivity index is 1.99. The van der Waals surface area contributed by atoms with Crippen molar-refractivity contribution in [2.24, 2.45) is 0 Å². The van der Waals surface area contributed by atoms with Crippen LogP contribution in [0.15, 0.2) is 53.0 Å². The number of benzene rings is 2. The summed E-state index contributed by atoms with van der Waals surface area (Å²) in [6.45, 7) is 1.60. The van der Waals surface area contributed by atoms with Gasteiger partial charge in [-0.15, -0.1) is 0 Å². The molecule has 0 saturated carbocycles. The molecule has 0 radical (unpaired) electrons. The van der Waals surface area contributed by atoms with E-state index in [1.807, 2.05) is 24.3 Å². The number of amides is 1. The summed E-state index contributed by atoms with van der Waals surface area (Å²) < 4.78 is 26.3. The number of hydrogen-bond acceptors (Lipinski definition) is 2. The fourth-order valence-electron chi connectivity index (χ4n) is 1.85. The molecule has 116 valence electrons. The Labute approximate surface area is 139 Å². The largest absolute Gasteiger partial charge is 0.325 e. The molecule has 2 atom stereocenters. The average molecular weight is 384 g/mol. The smallest absolute Gasteiger partial charge is 0.239 e. The van der Waals surface area contributed by atoms with Crippen molar-refractivity contribution in [1.82, 2.24) is 0 Å². The molecule has 1 N–H and O–H groups in total. The van der Waals surface area contributed by atoms with E-state index in [9.17, 15) is 13.4 Å². The number of nitrogens with one attached hydrogen (secondary N) is 1. The minimum absolute atomic E-state index is 0.289. The van der Waals surface area contributed by atoms with Crippen LogP contribution in [-0.2, 0) is 21.3 Å². The average Bonchev–Trinajstić information content (AvgIpc) is 2.46. The van der Waals surface area contributed by atoms with Gasteiger partial charge >= 0.3 is 0 Å². The van der Waals surface area contributed by atoms with Crippen molar-refractivity contribution in [3.8, 4) is 0 Å². The van der Waals surface area contributed by atoms with Gasteiger partial charge in [0.2, 0.25) is 5.91 Å². The summed E-state index contributed by atoms with van der Waals surface area (Å²) in [5, 5.41) is 1.89. The minimum Gasteiger partial charge on any atom is -0.325 e. The van der Waals surface area contributed by atoms with Crippen molar-refractivity contribution in [3.63, 3.8) is 0 Å². The van der Waals surface area contributed by atoms with E-state index in [2.05, 4.69) is 21.2 Å². The Hall–Kier alpha value is -1.53. The van der Waals surface area contributed by atoms with Crippen molar-refractivity contribution < 1.29 is 13.4 Å². The first-order valence-corrected chi connectivity index (χ1v) is 8.81. The van der Waals surface area contributed by atoms with Gasteiger partial charge < -0.3 is 5.32 Å². The molecule has 0 fully saturated rings. The number of carbonyl (C=O) groups is 1. The van der Waals surface area contributed by atoms with E-state index in [0.717, 1.165) is 10.0 Å². The van der Waals surface area contributed by atoms with Crippen LogP contribution in [0, 0.1) is 5.82 Å². The highest BCUT2D eigenvalue weighted by molar-refractivity contribution is 9.10. The Morgan fingerprint density at radius 3 is 2.68 bits per heavy atom. The lowest BCUT2D eigenvalue weighted by molar-refractivity contribution is -0.115. The molecule has 0 aliphatic carbocycles. The summed E-state index contributed by atoms with van der Waals surface area (Å²) in [5.41, 5.74) is 1.24. The number of anilines is 1. The van der Waals surface area contributed by atoms with Crippen molar-refractivity contribution in [2.75, 3.05) is 5.32 Å². The third kappa shape index (κ3) is 4.74. The molecule has 1 amide bonds. The SMILES string of the molecule is C[C@H](C(=O)Nc1cccc(F)c1)[S@@](=O)Cc1cccc(Br)c1. The molecule has 0 spiro atoms. The summed E-state index contributed by atoms with van der Waals surface area (Å²) in [7, 11) is -1.36. The Morgan fingerprint density at radius 1 is 1.27 bits per heavy atom. The first-order chi connectivity index (χ1) is 10.5. The van der Waals surface area contributed by atoms with Gasteiger partial charge in [-0.25, -0.2) is 4.39 Å². The van der Waals surface area contributed by atoms with Crippen LogP contribution >= 0.6 is 15.9 Å². The summed E-state index contributed by atoms with van der Waals surface area (Å²) in [6, 6.07) is 13.1. The monoisotopic (exact) mass is 383 g/mol. The number of carbonyl (C=O) groups excluding carboxylic acids is 1. The van der Waals surface area contributed by atoms with Crippen LogP contribution in [0.4, 0.5) is 10.1 Å². The summed E-state index contributed by atoms with van der Waals surface area (Å²) in [5.74, 6) is -0.531. The maximum atomic E-state index is 13.1. The molecular weight excluding hydrogens is 369 g/mol. The van der Waals surface area contributed by atoms with E-state index in [0.29, 0.717) is 5.69 Å². The predicted octanol–water partition coefficient (Wildman–Crippen LogP) is 3.86. The van der Waals surface area contributed by atoms with Crippen LogP contribution in [0.5, 0.6) is 0 Å². The van der Waals surface area contributed by atoms with Gasteiger partial charge in [-0.1, -0.05) is 34.1 Å². The van der Waals surface area contributed by atoms with Crippen LogP contribution in [-0.4, -0.2) is 15.4 Å². The summed E-state index contributed by atoms with van der Waals surface area (Å²) in [4.78, 5) is 12.1. The van der Waals surface area contributed by atoms with Crippen LogP contribution < -0.4 is 5.32 Å². The fourth-order valence-corrected chi connectivity index (χ4v) is 3.35. The topological polar surface area (TPSA) is 46.2 Å². The molecule has 0 aliphatic heterocycles. The van der Waals surface area contributed by atoms with E-state index < -0.39 is 21.9 Å². The van der Waals surface area contributed by atoms with Gasteiger partial charge in [0.15, 0.2) is 0 Å². The van der Waals surface area contributed by atoms with Crippen LogP contribution in [0.3, 0.4) is 0 Å². The Bertz CT molecular complexity index is 649. The van der Waals surface area contributed by atoms with Gasteiger partial charge in [-0.2, -0.15) is 0 Å². The second kappa shape index (κ2) is 7.65. The summed E-state index contributed by atoms with van der Waals surface area (Å²) >= 11 is 3.36. The molecule has 0 heterocycles.